The lowest BCUT2D eigenvalue weighted by molar-refractivity contribution is -0.143. The first-order chi connectivity index (χ1) is 16.1. The van der Waals surface area contributed by atoms with Crippen LogP contribution in [0.25, 0.3) is 28.1 Å². The van der Waals surface area contributed by atoms with Crippen molar-refractivity contribution in [2.24, 2.45) is 0 Å². The van der Waals surface area contributed by atoms with Gasteiger partial charge in [-0.25, -0.2) is 4.98 Å². The third-order valence-corrected chi connectivity index (χ3v) is 5.19. The minimum Gasteiger partial charge on any atom is -0.380 e. The van der Waals surface area contributed by atoms with E-state index in [1.165, 1.54) is 23.3 Å². The first-order valence-corrected chi connectivity index (χ1v) is 9.93. The molecule has 0 aliphatic carbocycles. The van der Waals surface area contributed by atoms with Gasteiger partial charge < -0.3 is 4.74 Å². The van der Waals surface area contributed by atoms with Crippen LogP contribution in [0.3, 0.4) is 0 Å². The number of pyridine rings is 1. The molecule has 2 aromatic carbocycles. The molecule has 4 rings (SSSR count). The molecule has 2 aromatic heterocycles. The van der Waals surface area contributed by atoms with E-state index in [1.54, 1.807) is 19.4 Å². The van der Waals surface area contributed by atoms with Gasteiger partial charge in [0, 0.05) is 24.4 Å². The van der Waals surface area contributed by atoms with Crippen molar-refractivity contribution in [2.45, 2.75) is 19.0 Å². The SMILES string of the molecule is COCc1ccccc1-c1ccncc1-n1cncc1-c1cc(C(F)(F)F)cc(C(F)(F)F)c1. The second-order valence-electron chi connectivity index (χ2n) is 7.43. The minimum atomic E-state index is -4.96. The minimum absolute atomic E-state index is 0.0510. The fourth-order valence-corrected chi connectivity index (χ4v) is 3.67. The summed E-state index contributed by atoms with van der Waals surface area (Å²) in [5.41, 5.74) is -0.313. The van der Waals surface area contributed by atoms with Crippen LogP contribution in [0.1, 0.15) is 16.7 Å². The molecular formula is C24H17F6N3O. The number of halogens is 6. The van der Waals surface area contributed by atoms with E-state index in [0.717, 1.165) is 11.1 Å². The van der Waals surface area contributed by atoms with Crippen LogP contribution in [-0.4, -0.2) is 21.6 Å². The van der Waals surface area contributed by atoms with Crippen LogP contribution in [0.15, 0.2) is 73.4 Å². The van der Waals surface area contributed by atoms with Crippen molar-refractivity contribution in [1.82, 2.24) is 14.5 Å². The number of rotatable bonds is 5. The van der Waals surface area contributed by atoms with Crippen molar-refractivity contribution in [3.63, 3.8) is 0 Å². The van der Waals surface area contributed by atoms with Gasteiger partial charge in [0.2, 0.25) is 0 Å². The lowest BCUT2D eigenvalue weighted by Gasteiger charge is -2.17. The molecule has 2 heterocycles. The van der Waals surface area contributed by atoms with E-state index in [4.69, 9.17) is 4.74 Å². The summed E-state index contributed by atoms with van der Waals surface area (Å²) in [6.07, 6.45) is -4.36. The maximum atomic E-state index is 13.4. The van der Waals surface area contributed by atoms with Gasteiger partial charge >= 0.3 is 12.4 Å². The zero-order valence-electron chi connectivity index (χ0n) is 17.7. The number of hydrogen-bond acceptors (Lipinski definition) is 3. The van der Waals surface area contributed by atoms with Crippen molar-refractivity contribution < 1.29 is 31.1 Å². The van der Waals surface area contributed by atoms with E-state index < -0.39 is 23.5 Å². The maximum Gasteiger partial charge on any atom is 0.416 e. The Kier molecular flexibility index (Phi) is 6.18. The summed E-state index contributed by atoms with van der Waals surface area (Å²) < 4.78 is 87.0. The highest BCUT2D eigenvalue weighted by Gasteiger charge is 2.37. The van der Waals surface area contributed by atoms with Crippen LogP contribution in [0, 0.1) is 0 Å². The van der Waals surface area contributed by atoms with Crippen molar-refractivity contribution in [3.8, 4) is 28.1 Å². The van der Waals surface area contributed by atoms with Crippen LogP contribution < -0.4 is 0 Å². The molecule has 0 aliphatic rings. The molecule has 0 amide bonds. The van der Waals surface area contributed by atoms with Gasteiger partial charge in [-0.15, -0.1) is 0 Å². The van der Waals surface area contributed by atoms with Gasteiger partial charge in [-0.3, -0.25) is 9.55 Å². The number of hydrogen-bond donors (Lipinski definition) is 0. The Morgan fingerprint density at radius 1 is 0.824 bits per heavy atom. The van der Waals surface area contributed by atoms with E-state index in [2.05, 4.69) is 9.97 Å². The summed E-state index contributed by atoms with van der Waals surface area (Å²) in [4.78, 5) is 8.11. The number of methoxy groups -OCH3 is 1. The van der Waals surface area contributed by atoms with Crippen molar-refractivity contribution >= 4 is 0 Å². The molecule has 34 heavy (non-hydrogen) atoms. The van der Waals surface area contributed by atoms with Crippen LogP contribution in [0.5, 0.6) is 0 Å². The van der Waals surface area contributed by atoms with Crippen molar-refractivity contribution in [1.29, 1.82) is 0 Å². The fraction of sp³-hybridized carbons (Fsp3) is 0.167. The van der Waals surface area contributed by atoms with E-state index in [9.17, 15) is 26.3 Å². The third-order valence-electron chi connectivity index (χ3n) is 5.19. The molecule has 10 heteroatoms. The van der Waals surface area contributed by atoms with Crippen molar-refractivity contribution in [3.05, 3.63) is 90.1 Å². The Morgan fingerprint density at radius 2 is 1.50 bits per heavy atom. The summed E-state index contributed by atoms with van der Waals surface area (Å²) in [5, 5.41) is 0. The zero-order valence-corrected chi connectivity index (χ0v) is 17.7. The maximum absolute atomic E-state index is 13.4. The van der Waals surface area contributed by atoms with Gasteiger partial charge in [0.15, 0.2) is 0 Å². The normalized spacial score (nSPS) is 12.2. The molecule has 0 saturated carbocycles. The molecule has 0 N–H and O–H groups in total. The molecule has 4 aromatic rings. The largest absolute Gasteiger partial charge is 0.416 e. The Morgan fingerprint density at radius 3 is 2.15 bits per heavy atom. The molecule has 0 atom stereocenters. The van der Waals surface area contributed by atoms with Gasteiger partial charge in [0.1, 0.15) is 0 Å². The van der Waals surface area contributed by atoms with Crippen LogP contribution >= 0.6 is 0 Å². The van der Waals surface area contributed by atoms with Gasteiger partial charge in [0.05, 0.1) is 47.8 Å². The Labute approximate surface area is 190 Å². The molecule has 0 unspecified atom stereocenters. The summed E-state index contributed by atoms with van der Waals surface area (Å²) in [5.74, 6) is 0. The number of alkyl halides is 6. The Hall–Kier alpha value is -3.66. The predicted octanol–water partition coefficient (Wildman–Crippen LogP) is 6.79. The smallest absolute Gasteiger partial charge is 0.380 e. The average Bonchev–Trinajstić information content (AvgIpc) is 3.28. The molecular weight excluding hydrogens is 460 g/mol. The molecule has 0 spiro atoms. The highest BCUT2D eigenvalue weighted by atomic mass is 19.4. The molecule has 0 aliphatic heterocycles. The average molecular weight is 477 g/mol. The second-order valence-corrected chi connectivity index (χ2v) is 7.43. The molecule has 0 fully saturated rings. The number of benzene rings is 2. The number of nitrogens with zero attached hydrogens (tertiary/aromatic N) is 3. The Balaban J connectivity index is 1.92. The first-order valence-electron chi connectivity index (χ1n) is 9.93. The highest BCUT2D eigenvalue weighted by Crippen LogP contribution is 2.39. The first kappa shape index (κ1) is 23.5. The summed E-state index contributed by atoms with van der Waals surface area (Å²) in [6, 6.07) is 10.5. The molecule has 0 saturated heterocycles. The standard InChI is InChI=1S/C24H17F6N3O/c1-34-13-15-4-2-3-5-19(15)20-6-7-31-12-22(20)33-14-32-11-21(33)16-8-17(23(25,26)27)10-18(9-16)24(28,29)30/h2-12,14H,13H2,1H3. The lowest BCUT2D eigenvalue weighted by Crippen LogP contribution is -2.11. The second kappa shape index (κ2) is 8.94. The lowest BCUT2D eigenvalue weighted by atomic mass is 9.99. The number of ether oxygens (including phenoxy) is 1. The third kappa shape index (κ3) is 4.67. The van der Waals surface area contributed by atoms with Crippen LogP contribution in [-0.2, 0) is 23.7 Å². The molecule has 0 bridgehead atoms. The van der Waals surface area contributed by atoms with E-state index >= 15 is 0 Å². The molecule has 176 valence electrons. The van der Waals surface area contributed by atoms with Gasteiger partial charge in [-0.2, -0.15) is 26.3 Å². The van der Waals surface area contributed by atoms with Gasteiger partial charge in [0.25, 0.3) is 0 Å². The summed E-state index contributed by atoms with van der Waals surface area (Å²) in [7, 11) is 1.55. The van der Waals surface area contributed by atoms with Crippen molar-refractivity contribution in [2.75, 3.05) is 7.11 Å². The molecule has 4 nitrogen and oxygen atoms in total. The molecule has 0 radical (unpaired) electrons. The van der Waals surface area contributed by atoms with Crippen LogP contribution in [0.2, 0.25) is 0 Å². The fourth-order valence-electron chi connectivity index (χ4n) is 3.67. The van der Waals surface area contributed by atoms with E-state index in [0.29, 0.717) is 30.0 Å². The Bertz CT molecular complexity index is 1280. The quantitative estimate of drug-likeness (QED) is 0.297. The summed E-state index contributed by atoms with van der Waals surface area (Å²) >= 11 is 0. The van der Waals surface area contributed by atoms with Crippen LogP contribution in [0.4, 0.5) is 26.3 Å². The number of imidazole rings is 1. The highest BCUT2D eigenvalue weighted by molar-refractivity contribution is 5.77. The van der Waals surface area contributed by atoms with Gasteiger partial charge in [-0.1, -0.05) is 24.3 Å². The topological polar surface area (TPSA) is 39.9 Å². The monoisotopic (exact) mass is 477 g/mol. The summed E-state index contributed by atoms with van der Waals surface area (Å²) in [6.45, 7) is 0.303. The number of aromatic nitrogens is 3. The van der Waals surface area contributed by atoms with E-state index in [1.807, 2.05) is 24.3 Å². The predicted molar refractivity (Wildman–Crippen MR) is 113 cm³/mol. The zero-order chi connectivity index (χ0) is 24.5. The van der Waals surface area contributed by atoms with Gasteiger partial charge in [-0.05, 0) is 35.4 Å². The van der Waals surface area contributed by atoms with E-state index in [-0.39, 0.29) is 17.3 Å².